The van der Waals surface area contributed by atoms with Crippen LogP contribution in [-0.4, -0.2) is 23.6 Å². The Hall–Kier alpha value is -2.15. The Morgan fingerprint density at radius 3 is 2.67 bits per heavy atom. The SMILES string of the molecule is CCOC(=O)c1cc(C(C)C)sc1NC(=O)c1c(CC)noc1C. The van der Waals surface area contributed by atoms with E-state index < -0.39 is 5.97 Å². The first-order valence-corrected chi connectivity index (χ1v) is 8.77. The molecule has 0 aliphatic carbocycles. The highest BCUT2D eigenvalue weighted by atomic mass is 32.1. The van der Waals surface area contributed by atoms with Crippen LogP contribution >= 0.6 is 11.3 Å². The zero-order chi connectivity index (χ0) is 17.9. The van der Waals surface area contributed by atoms with Gasteiger partial charge in [-0.05, 0) is 32.3 Å². The first-order valence-electron chi connectivity index (χ1n) is 7.96. The van der Waals surface area contributed by atoms with Gasteiger partial charge in [-0.2, -0.15) is 0 Å². The average molecular weight is 350 g/mol. The van der Waals surface area contributed by atoms with Crippen molar-refractivity contribution in [3.05, 3.63) is 33.5 Å². The summed E-state index contributed by atoms with van der Waals surface area (Å²) in [5.74, 6) is -0.0537. The van der Waals surface area contributed by atoms with Crippen LogP contribution in [0, 0.1) is 6.92 Å². The molecule has 1 N–H and O–H groups in total. The van der Waals surface area contributed by atoms with E-state index in [2.05, 4.69) is 10.5 Å². The minimum absolute atomic E-state index is 0.248. The summed E-state index contributed by atoms with van der Waals surface area (Å²) in [4.78, 5) is 25.8. The Kier molecular flexibility index (Phi) is 5.77. The van der Waals surface area contributed by atoms with Crippen LogP contribution in [0.1, 0.15) is 70.7 Å². The summed E-state index contributed by atoms with van der Waals surface area (Å²) >= 11 is 1.38. The monoisotopic (exact) mass is 350 g/mol. The van der Waals surface area contributed by atoms with Crippen LogP contribution in [0.25, 0.3) is 0 Å². The number of aromatic nitrogens is 1. The van der Waals surface area contributed by atoms with Crippen molar-refractivity contribution in [3.8, 4) is 0 Å². The van der Waals surface area contributed by atoms with E-state index in [1.807, 2.05) is 20.8 Å². The molecule has 0 saturated heterocycles. The van der Waals surface area contributed by atoms with E-state index in [-0.39, 0.29) is 18.4 Å². The lowest BCUT2D eigenvalue weighted by Crippen LogP contribution is -2.16. The number of aryl methyl sites for hydroxylation is 2. The molecule has 0 aliphatic heterocycles. The molecular formula is C17H22N2O4S. The van der Waals surface area contributed by atoms with Gasteiger partial charge in [0.2, 0.25) is 0 Å². The van der Waals surface area contributed by atoms with Gasteiger partial charge in [0, 0.05) is 4.88 Å². The largest absolute Gasteiger partial charge is 0.462 e. The standard InChI is InChI=1S/C17H22N2O4S/c1-6-12-14(10(5)23-19-12)15(20)18-16-11(17(21)22-7-2)8-13(24-16)9(3)4/h8-9H,6-7H2,1-5H3,(H,18,20). The second kappa shape index (κ2) is 7.61. The van der Waals surface area contributed by atoms with Gasteiger partial charge in [0.25, 0.3) is 5.91 Å². The fourth-order valence-electron chi connectivity index (χ4n) is 2.26. The summed E-state index contributed by atoms with van der Waals surface area (Å²) < 4.78 is 10.2. The smallest absolute Gasteiger partial charge is 0.341 e. The van der Waals surface area contributed by atoms with Gasteiger partial charge >= 0.3 is 5.97 Å². The first kappa shape index (κ1) is 18.2. The van der Waals surface area contributed by atoms with E-state index in [1.54, 1.807) is 19.9 Å². The van der Waals surface area contributed by atoms with Crippen LogP contribution < -0.4 is 5.32 Å². The predicted molar refractivity (Wildman–Crippen MR) is 92.9 cm³/mol. The third-order valence-electron chi connectivity index (χ3n) is 3.54. The van der Waals surface area contributed by atoms with E-state index in [1.165, 1.54) is 11.3 Å². The highest BCUT2D eigenvalue weighted by Gasteiger charge is 2.24. The Morgan fingerprint density at radius 2 is 2.08 bits per heavy atom. The van der Waals surface area contributed by atoms with Crippen molar-refractivity contribution < 1.29 is 18.8 Å². The van der Waals surface area contributed by atoms with Gasteiger partial charge in [-0.1, -0.05) is 25.9 Å². The Bertz CT molecular complexity index is 746. The van der Waals surface area contributed by atoms with Crippen molar-refractivity contribution in [2.75, 3.05) is 11.9 Å². The summed E-state index contributed by atoms with van der Waals surface area (Å²) in [6.07, 6.45) is 0.590. The first-order chi connectivity index (χ1) is 11.4. The Balaban J connectivity index is 2.35. The number of ether oxygens (including phenoxy) is 1. The second-order valence-electron chi connectivity index (χ2n) is 5.63. The molecule has 24 heavy (non-hydrogen) atoms. The van der Waals surface area contributed by atoms with Crippen molar-refractivity contribution in [1.82, 2.24) is 5.16 Å². The highest BCUT2D eigenvalue weighted by Crippen LogP contribution is 2.34. The molecule has 0 bridgehead atoms. The van der Waals surface area contributed by atoms with E-state index in [0.29, 0.717) is 34.0 Å². The topological polar surface area (TPSA) is 81.4 Å². The molecule has 2 heterocycles. The number of carbonyl (C=O) groups is 2. The number of nitrogens with one attached hydrogen (secondary N) is 1. The molecule has 0 fully saturated rings. The Morgan fingerprint density at radius 1 is 1.38 bits per heavy atom. The number of thiophene rings is 1. The maximum Gasteiger partial charge on any atom is 0.341 e. The van der Waals surface area contributed by atoms with Crippen LogP contribution in [0.4, 0.5) is 5.00 Å². The number of anilines is 1. The fraction of sp³-hybridized carbons (Fsp3) is 0.471. The van der Waals surface area contributed by atoms with Crippen molar-refractivity contribution in [1.29, 1.82) is 0 Å². The molecule has 0 spiro atoms. The minimum atomic E-state index is -0.436. The van der Waals surface area contributed by atoms with E-state index in [9.17, 15) is 9.59 Å². The fourth-order valence-corrected chi connectivity index (χ4v) is 3.31. The van der Waals surface area contributed by atoms with E-state index in [0.717, 1.165) is 4.88 Å². The summed E-state index contributed by atoms with van der Waals surface area (Å²) in [6, 6.07) is 1.78. The number of nitrogens with zero attached hydrogens (tertiary/aromatic N) is 1. The predicted octanol–water partition coefficient (Wildman–Crippen LogP) is 4.16. The summed E-state index contributed by atoms with van der Waals surface area (Å²) in [5.41, 5.74) is 1.40. The molecule has 0 aliphatic rings. The lowest BCUT2D eigenvalue weighted by molar-refractivity contribution is 0.0528. The molecule has 1 amide bonds. The van der Waals surface area contributed by atoms with Crippen molar-refractivity contribution in [3.63, 3.8) is 0 Å². The lowest BCUT2D eigenvalue weighted by Gasteiger charge is -2.06. The number of amides is 1. The maximum absolute atomic E-state index is 12.6. The zero-order valence-corrected chi connectivity index (χ0v) is 15.4. The molecular weight excluding hydrogens is 328 g/mol. The van der Waals surface area contributed by atoms with Crippen LogP contribution in [0.5, 0.6) is 0 Å². The number of esters is 1. The van der Waals surface area contributed by atoms with Crippen LogP contribution in [0.3, 0.4) is 0 Å². The van der Waals surface area contributed by atoms with E-state index in [4.69, 9.17) is 9.26 Å². The second-order valence-corrected chi connectivity index (χ2v) is 6.72. The maximum atomic E-state index is 12.6. The van der Waals surface area contributed by atoms with Crippen molar-refractivity contribution in [2.45, 2.75) is 47.0 Å². The molecule has 6 nitrogen and oxygen atoms in total. The molecule has 2 aromatic heterocycles. The van der Waals surface area contributed by atoms with E-state index >= 15 is 0 Å². The number of hydrogen-bond acceptors (Lipinski definition) is 6. The number of hydrogen-bond donors (Lipinski definition) is 1. The average Bonchev–Trinajstić information content (AvgIpc) is 3.11. The molecule has 0 atom stereocenters. The molecule has 130 valence electrons. The quantitative estimate of drug-likeness (QED) is 0.791. The summed E-state index contributed by atoms with van der Waals surface area (Å²) in [7, 11) is 0. The summed E-state index contributed by atoms with van der Waals surface area (Å²) in [6.45, 7) is 9.70. The third kappa shape index (κ3) is 3.67. The van der Waals surface area contributed by atoms with Crippen LogP contribution in [0.2, 0.25) is 0 Å². The normalized spacial score (nSPS) is 10.9. The Labute approximate surface area is 145 Å². The van der Waals surface area contributed by atoms with Crippen LogP contribution in [-0.2, 0) is 11.2 Å². The van der Waals surface area contributed by atoms with Gasteiger partial charge in [0.05, 0.1) is 17.9 Å². The van der Waals surface area contributed by atoms with Gasteiger partial charge < -0.3 is 14.6 Å². The van der Waals surface area contributed by atoms with Gasteiger partial charge in [0.1, 0.15) is 16.3 Å². The molecule has 0 unspecified atom stereocenters. The lowest BCUT2D eigenvalue weighted by atomic mass is 10.1. The van der Waals surface area contributed by atoms with Crippen molar-refractivity contribution >= 4 is 28.2 Å². The summed E-state index contributed by atoms with van der Waals surface area (Å²) in [5, 5.41) is 7.21. The molecule has 7 heteroatoms. The van der Waals surface area contributed by atoms with Gasteiger partial charge in [-0.15, -0.1) is 11.3 Å². The molecule has 0 aromatic carbocycles. The molecule has 0 saturated carbocycles. The zero-order valence-electron chi connectivity index (χ0n) is 14.6. The number of rotatable bonds is 6. The van der Waals surface area contributed by atoms with Gasteiger partial charge in [0.15, 0.2) is 0 Å². The van der Waals surface area contributed by atoms with Crippen molar-refractivity contribution in [2.24, 2.45) is 0 Å². The molecule has 2 rings (SSSR count). The highest BCUT2D eigenvalue weighted by molar-refractivity contribution is 7.16. The van der Waals surface area contributed by atoms with Crippen LogP contribution in [0.15, 0.2) is 10.6 Å². The molecule has 0 radical (unpaired) electrons. The minimum Gasteiger partial charge on any atom is -0.462 e. The van der Waals surface area contributed by atoms with Gasteiger partial charge in [-0.25, -0.2) is 4.79 Å². The number of carbonyl (C=O) groups excluding carboxylic acids is 2. The third-order valence-corrected chi connectivity index (χ3v) is 4.89. The van der Waals surface area contributed by atoms with Gasteiger partial charge in [-0.3, -0.25) is 4.79 Å². The molecule has 2 aromatic rings.